The molecule has 3 amide bonds. The van der Waals surface area contributed by atoms with E-state index in [1.165, 1.54) is 0 Å². The van der Waals surface area contributed by atoms with E-state index < -0.39 is 12.1 Å². The Balaban J connectivity index is 1.49. The lowest BCUT2D eigenvalue weighted by Gasteiger charge is -2.22. The Bertz CT molecular complexity index is 839. The standard InChI is InChI=1S/C22H27N3O4/c1-15(2)20(25-22(27)24-17-6-4-3-5-7-17)21(26)23-11-10-16-8-9-18-19(14-16)29-13-12-28-18/h3-9,14-15,20H,10-13H2,1-2H3,(H,23,26)(H2,24,25,27)/t20-/m1/s1. The Hall–Kier alpha value is -3.22. The highest BCUT2D eigenvalue weighted by molar-refractivity contribution is 5.93. The van der Waals surface area contributed by atoms with Gasteiger partial charge in [0.15, 0.2) is 11.5 Å². The SMILES string of the molecule is CC(C)[C@@H](NC(=O)Nc1ccccc1)C(=O)NCCc1ccc2c(c1)OCCO2. The summed E-state index contributed by atoms with van der Waals surface area (Å²) in [4.78, 5) is 24.8. The highest BCUT2D eigenvalue weighted by atomic mass is 16.6. The molecule has 0 aliphatic carbocycles. The van der Waals surface area contributed by atoms with Crippen LogP contribution in [-0.4, -0.2) is 37.7 Å². The molecule has 7 nitrogen and oxygen atoms in total. The number of fused-ring (bicyclic) bond motifs is 1. The van der Waals surface area contributed by atoms with Crippen LogP contribution in [-0.2, 0) is 11.2 Å². The van der Waals surface area contributed by atoms with E-state index in [1.54, 1.807) is 12.1 Å². The molecule has 0 saturated heterocycles. The van der Waals surface area contributed by atoms with Gasteiger partial charge in [-0.1, -0.05) is 38.1 Å². The first kappa shape index (κ1) is 20.5. The predicted molar refractivity (Wildman–Crippen MR) is 111 cm³/mol. The minimum atomic E-state index is -0.626. The summed E-state index contributed by atoms with van der Waals surface area (Å²) in [6, 6.07) is 13.9. The van der Waals surface area contributed by atoms with Crippen molar-refractivity contribution in [2.45, 2.75) is 26.3 Å². The number of para-hydroxylation sites is 1. The number of urea groups is 1. The maximum atomic E-state index is 12.6. The molecule has 0 unspecified atom stereocenters. The van der Waals surface area contributed by atoms with E-state index in [0.29, 0.717) is 31.9 Å². The van der Waals surface area contributed by atoms with E-state index in [0.717, 1.165) is 17.1 Å². The molecule has 2 aromatic rings. The third-order valence-electron chi connectivity index (χ3n) is 4.59. The molecule has 3 rings (SSSR count). The van der Waals surface area contributed by atoms with Gasteiger partial charge in [-0.25, -0.2) is 4.79 Å². The van der Waals surface area contributed by atoms with Crippen molar-refractivity contribution in [3.63, 3.8) is 0 Å². The van der Waals surface area contributed by atoms with Gasteiger partial charge in [0.05, 0.1) is 0 Å². The van der Waals surface area contributed by atoms with Crippen molar-refractivity contribution in [2.75, 3.05) is 25.1 Å². The largest absolute Gasteiger partial charge is 0.486 e. The van der Waals surface area contributed by atoms with Crippen LogP contribution >= 0.6 is 0 Å². The Morgan fingerprint density at radius 3 is 2.45 bits per heavy atom. The monoisotopic (exact) mass is 397 g/mol. The van der Waals surface area contributed by atoms with Crippen LogP contribution in [0.3, 0.4) is 0 Å². The average molecular weight is 397 g/mol. The fourth-order valence-electron chi connectivity index (χ4n) is 3.05. The van der Waals surface area contributed by atoms with Crippen LogP contribution in [0.15, 0.2) is 48.5 Å². The first-order chi connectivity index (χ1) is 14.0. The third-order valence-corrected chi connectivity index (χ3v) is 4.59. The summed E-state index contributed by atoms with van der Waals surface area (Å²) in [5.41, 5.74) is 1.72. The Kier molecular flexibility index (Phi) is 6.94. The second-order valence-electron chi connectivity index (χ2n) is 7.21. The van der Waals surface area contributed by atoms with Crippen molar-refractivity contribution in [1.29, 1.82) is 0 Å². The van der Waals surface area contributed by atoms with Gasteiger partial charge in [-0.05, 0) is 42.2 Å². The summed E-state index contributed by atoms with van der Waals surface area (Å²) in [5.74, 6) is 1.23. The van der Waals surface area contributed by atoms with E-state index in [2.05, 4.69) is 16.0 Å². The van der Waals surface area contributed by atoms with Gasteiger partial charge in [-0.3, -0.25) is 4.79 Å². The topological polar surface area (TPSA) is 88.7 Å². The zero-order chi connectivity index (χ0) is 20.6. The van der Waals surface area contributed by atoms with Gasteiger partial charge in [0.2, 0.25) is 5.91 Å². The highest BCUT2D eigenvalue weighted by Gasteiger charge is 2.24. The molecular formula is C22H27N3O4. The number of carbonyl (C=O) groups excluding carboxylic acids is 2. The molecule has 29 heavy (non-hydrogen) atoms. The van der Waals surface area contributed by atoms with Crippen LogP contribution in [0.4, 0.5) is 10.5 Å². The van der Waals surface area contributed by atoms with Gasteiger partial charge < -0.3 is 25.4 Å². The lowest BCUT2D eigenvalue weighted by atomic mass is 10.0. The normalized spacial score (nSPS) is 13.5. The number of rotatable bonds is 7. The quantitative estimate of drug-likeness (QED) is 0.670. The summed E-state index contributed by atoms with van der Waals surface area (Å²) < 4.78 is 11.1. The van der Waals surface area contributed by atoms with Gasteiger partial charge in [-0.15, -0.1) is 0 Å². The van der Waals surface area contributed by atoms with Gasteiger partial charge in [-0.2, -0.15) is 0 Å². The molecule has 0 aromatic heterocycles. The molecule has 154 valence electrons. The third kappa shape index (κ3) is 5.88. The van der Waals surface area contributed by atoms with Crippen molar-refractivity contribution in [2.24, 2.45) is 5.92 Å². The van der Waals surface area contributed by atoms with Crippen molar-refractivity contribution >= 4 is 17.6 Å². The van der Waals surface area contributed by atoms with Crippen molar-refractivity contribution in [3.8, 4) is 11.5 Å². The van der Waals surface area contributed by atoms with Gasteiger partial charge in [0, 0.05) is 12.2 Å². The fraction of sp³-hybridized carbons (Fsp3) is 0.364. The molecule has 1 aliphatic rings. The van der Waals surface area contributed by atoms with Crippen LogP contribution in [0.5, 0.6) is 11.5 Å². The lowest BCUT2D eigenvalue weighted by Crippen LogP contribution is -2.51. The van der Waals surface area contributed by atoms with Gasteiger partial charge in [0.25, 0.3) is 0 Å². The number of anilines is 1. The number of hydrogen-bond acceptors (Lipinski definition) is 4. The Morgan fingerprint density at radius 1 is 1.00 bits per heavy atom. The number of ether oxygens (including phenoxy) is 2. The van der Waals surface area contributed by atoms with Crippen LogP contribution in [0.2, 0.25) is 0 Å². The van der Waals surface area contributed by atoms with Crippen LogP contribution in [0.1, 0.15) is 19.4 Å². The second kappa shape index (κ2) is 9.82. The molecule has 7 heteroatoms. The summed E-state index contributed by atoms with van der Waals surface area (Å²) in [6.07, 6.45) is 0.656. The van der Waals surface area contributed by atoms with Crippen LogP contribution in [0.25, 0.3) is 0 Å². The van der Waals surface area contributed by atoms with Crippen molar-refractivity contribution in [1.82, 2.24) is 10.6 Å². The van der Waals surface area contributed by atoms with Gasteiger partial charge >= 0.3 is 6.03 Å². The Labute approximate surface area is 170 Å². The molecule has 0 bridgehead atoms. The highest BCUT2D eigenvalue weighted by Crippen LogP contribution is 2.30. The zero-order valence-corrected chi connectivity index (χ0v) is 16.7. The molecule has 1 aliphatic heterocycles. The number of amides is 3. The molecule has 0 saturated carbocycles. The zero-order valence-electron chi connectivity index (χ0n) is 16.7. The minimum absolute atomic E-state index is 0.0502. The van der Waals surface area contributed by atoms with Crippen LogP contribution in [0, 0.1) is 5.92 Å². The maximum absolute atomic E-state index is 12.6. The maximum Gasteiger partial charge on any atom is 0.319 e. The van der Waals surface area contributed by atoms with E-state index >= 15 is 0 Å². The molecule has 2 aromatic carbocycles. The van der Waals surface area contributed by atoms with Crippen LogP contribution < -0.4 is 25.4 Å². The molecule has 1 atom stereocenters. The first-order valence-electron chi connectivity index (χ1n) is 9.82. The van der Waals surface area contributed by atoms with Crippen molar-refractivity contribution < 1.29 is 19.1 Å². The number of nitrogens with one attached hydrogen (secondary N) is 3. The molecular weight excluding hydrogens is 370 g/mol. The minimum Gasteiger partial charge on any atom is -0.486 e. The predicted octanol–water partition coefficient (Wildman–Crippen LogP) is 2.96. The van der Waals surface area contributed by atoms with Gasteiger partial charge in [0.1, 0.15) is 19.3 Å². The summed E-state index contributed by atoms with van der Waals surface area (Å²) in [6.45, 7) is 5.36. The molecule has 0 fully saturated rings. The fourth-order valence-corrected chi connectivity index (χ4v) is 3.05. The average Bonchev–Trinajstić information content (AvgIpc) is 2.72. The molecule has 0 radical (unpaired) electrons. The number of carbonyl (C=O) groups is 2. The summed E-state index contributed by atoms with van der Waals surface area (Å²) in [5, 5.41) is 8.40. The molecule has 0 spiro atoms. The number of hydrogen-bond donors (Lipinski definition) is 3. The second-order valence-corrected chi connectivity index (χ2v) is 7.21. The first-order valence-corrected chi connectivity index (χ1v) is 9.82. The van der Waals surface area contributed by atoms with E-state index in [1.807, 2.05) is 50.2 Å². The van der Waals surface area contributed by atoms with E-state index in [-0.39, 0.29) is 11.8 Å². The van der Waals surface area contributed by atoms with E-state index in [4.69, 9.17) is 9.47 Å². The summed E-state index contributed by atoms with van der Waals surface area (Å²) in [7, 11) is 0. The lowest BCUT2D eigenvalue weighted by molar-refractivity contribution is -0.123. The van der Waals surface area contributed by atoms with Crippen molar-refractivity contribution in [3.05, 3.63) is 54.1 Å². The smallest absolute Gasteiger partial charge is 0.319 e. The molecule has 3 N–H and O–H groups in total. The Morgan fingerprint density at radius 2 is 1.72 bits per heavy atom. The van der Waals surface area contributed by atoms with E-state index in [9.17, 15) is 9.59 Å². The molecule has 1 heterocycles. The summed E-state index contributed by atoms with van der Waals surface area (Å²) >= 11 is 0. The number of benzene rings is 2.